The number of thiazole rings is 1. The van der Waals surface area contributed by atoms with Crippen molar-refractivity contribution in [2.75, 3.05) is 27.7 Å². The van der Waals surface area contributed by atoms with Crippen LogP contribution in [0.25, 0.3) is 5.57 Å². The molecular weight excluding hydrogens is 574 g/mol. The van der Waals surface area contributed by atoms with Crippen LogP contribution in [0.4, 0.5) is 0 Å². The van der Waals surface area contributed by atoms with Gasteiger partial charge in [0.05, 0.1) is 31.0 Å². The van der Waals surface area contributed by atoms with E-state index >= 15 is 0 Å². The van der Waals surface area contributed by atoms with Crippen LogP contribution in [-0.4, -0.2) is 67.2 Å². The largest absolute Gasteiger partial charge is 0.495 e. The number of rotatable bonds is 13. The van der Waals surface area contributed by atoms with Crippen LogP contribution in [0.15, 0.2) is 49.2 Å². The van der Waals surface area contributed by atoms with E-state index in [2.05, 4.69) is 28.7 Å². The lowest BCUT2D eigenvalue weighted by atomic mass is 9.98. The normalized spacial score (nSPS) is 14.0. The molecule has 1 fully saturated rings. The highest BCUT2D eigenvalue weighted by molar-refractivity contribution is 7.87. The van der Waals surface area contributed by atoms with E-state index in [1.54, 1.807) is 25.1 Å². The summed E-state index contributed by atoms with van der Waals surface area (Å²) in [5.41, 5.74) is 3.27. The van der Waals surface area contributed by atoms with Gasteiger partial charge in [-0.05, 0) is 62.8 Å². The Morgan fingerprint density at radius 2 is 1.93 bits per heavy atom. The second-order valence-corrected chi connectivity index (χ2v) is 13.9. The molecule has 2 aromatic heterocycles. The summed E-state index contributed by atoms with van der Waals surface area (Å²) < 4.78 is 32.6. The van der Waals surface area contributed by atoms with Gasteiger partial charge in [0, 0.05) is 25.5 Å². The highest BCUT2D eigenvalue weighted by Gasteiger charge is 2.54. The van der Waals surface area contributed by atoms with E-state index in [4.69, 9.17) is 4.74 Å². The molecule has 0 spiro atoms. The summed E-state index contributed by atoms with van der Waals surface area (Å²) in [5.74, 6) is -0.221. The smallest absolute Gasteiger partial charge is 0.303 e. The number of amides is 2. The van der Waals surface area contributed by atoms with Gasteiger partial charge in [0.2, 0.25) is 5.91 Å². The van der Waals surface area contributed by atoms with Crippen LogP contribution in [0.3, 0.4) is 0 Å². The Morgan fingerprint density at radius 3 is 2.52 bits per heavy atom. The van der Waals surface area contributed by atoms with Crippen LogP contribution >= 0.6 is 11.3 Å². The topological polar surface area (TPSA) is 122 Å². The van der Waals surface area contributed by atoms with E-state index in [1.165, 1.54) is 25.4 Å². The summed E-state index contributed by atoms with van der Waals surface area (Å²) in [6.07, 6.45) is 4.49. The average molecular weight is 612 g/mol. The van der Waals surface area contributed by atoms with Crippen molar-refractivity contribution in [1.29, 1.82) is 0 Å². The van der Waals surface area contributed by atoms with Crippen molar-refractivity contribution in [2.24, 2.45) is 0 Å². The molecule has 0 atom stereocenters. The predicted octanol–water partition coefficient (Wildman–Crippen LogP) is 4.12. The minimum atomic E-state index is -3.97. The molecular formula is C30H37N5O5S2. The second-order valence-electron chi connectivity index (χ2n) is 10.7. The molecule has 1 aromatic carbocycles. The first-order chi connectivity index (χ1) is 19.9. The molecule has 1 N–H and O–H groups in total. The van der Waals surface area contributed by atoms with Gasteiger partial charge in [-0.25, -0.2) is 9.71 Å². The van der Waals surface area contributed by atoms with Gasteiger partial charge < -0.3 is 9.64 Å². The molecule has 3 aromatic rings. The number of ether oxygens (including phenoxy) is 1. The maximum atomic E-state index is 14.1. The standard InChI is InChI=1S/C30H37N5O5S2/c1-20(2)23-11-7-9-22(17-23)10-8-16-35(29(37)30(14-15-30)25-13-12-24(40-6)18-31-25)19-26-32-27(21(3)41-26)28(36)33-42(38,39)34(4)5/h7,9,11-13,17-18H,1,8,10,14-16,19H2,2-6H3,(H,33,36). The Morgan fingerprint density at radius 1 is 1.19 bits per heavy atom. The summed E-state index contributed by atoms with van der Waals surface area (Å²) in [4.78, 5) is 38.2. The highest BCUT2D eigenvalue weighted by Crippen LogP contribution is 2.49. The van der Waals surface area contributed by atoms with E-state index in [9.17, 15) is 18.0 Å². The lowest BCUT2D eigenvalue weighted by molar-refractivity contribution is -0.134. The Kier molecular flexibility index (Phi) is 9.49. The van der Waals surface area contributed by atoms with Gasteiger partial charge in [-0.2, -0.15) is 12.7 Å². The Balaban J connectivity index is 1.56. The number of pyridine rings is 1. The number of nitrogens with zero attached hydrogens (tertiary/aromatic N) is 4. The third-order valence-electron chi connectivity index (χ3n) is 7.31. The minimum absolute atomic E-state index is 0.0300. The van der Waals surface area contributed by atoms with Gasteiger partial charge in [-0.15, -0.1) is 11.3 Å². The van der Waals surface area contributed by atoms with E-state index in [-0.39, 0.29) is 18.1 Å². The lowest BCUT2D eigenvalue weighted by Gasteiger charge is -2.27. The first-order valence-corrected chi connectivity index (χ1v) is 15.9. The van der Waals surface area contributed by atoms with Gasteiger partial charge in [-0.1, -0.05) is 36.4 Å². The second kappa shape index (κ2) is 12.7. The minimum Gasteiger partial charge on any atom is -0.495 e. The van der Waals surface area contributed by atoms with Crippen LogP contribution in [0.2, 0.25) is 0 Å². The fourth-order valence-electron chi connectivity index (χ4n) is 4.66. The number of methoxy groups -OCH3 is 1. The maximum Gasteiger partial charge on any atom is 0.303 e. The molecule has 0 aliphatic heterocycles. The van der Waals surface area contributed by atoms with E-state index in [0.717, 1.165) is 33.8 Å². The van der Waals surface area contributed by atoms with Crippen molar-refractivity contribution in [2.45, 2.75) is 51.5 Å². The molecule has 0 unspecified atom stereocenters. The molecule has 42 heavy (non-hydrogen) atoms. The molecule has 1 saturated carbocycles. The van der Waals surface area contributed by atoms with Crippen molar-refractivity contribution in [3.8, 4) is 5.75 Å². The summed E-state index contributed by atoms with van der Waals surface area (Å²) in [6.45, 7) is 8.39. The number of carbonyl (C=O) groups excluding carboxylic acids is 2. The van der Waals surface area contributed by atoms with Crippen LogP contribution in [-0.2, 0) is 33.4 Å². The van der Waals surface area contributed by atoms with E-state index in [0.29, 0.717) is 40.7 Å². The number of hydrogen-bond donors (Lipinski definition) is 1. The van der Waals surface area contributed by atoms with E-state index < -0.39 is 21.5 Å². The molecule has 1 aliphatic carbocycles. The number of allylic oxidation sites excluding steroid dienone is 1. The number of carbonyl (C=O) groups is 2. The zero-order valence-corrected chi connectivity index (χ0v) is 26.3. The number of aromatic nitrogens is 2. The first kappa shape index (κ1) is 31.3. The third kappa shape index (κ3) is 7.05. The summed E-state index contributed by atoms with van der Waals surface area (Å²) in [5, 5.41) is 0.552. The molecule has 10 nitrogen and oxygen atoms in total. The molecule has 12 heteroatoms. The SMILES string of the molecule is C=C(C)c1cccc(CCCN(Cc2nc(C(=O)NS(=O)(=O)N(C)C)c(C)s2)C(=O)C2(c3ccc(OC)cn3)CC2)c1. The Hall–Kier alpha value is -3.61. The number of hydrogen-bond acceptors (Lipinski definition) is 8. The van der Waals surface area contributed by atoms with Crippen molar-refractivity contribution < 1.29 is 22.7 Å². The molecule has 4 rings (SSSR count). The summed E-state index contributed by atoms with van der Waals surface area (Å²) in [7, 11) is 0.266. The molecule has 0 radical (unpaired) electrons. The van der Waals surface area contributed by atoms with Crippen molar-refractivity contribution in [3.05, 3.63) is 81.6 Å². The third-order valence-corrected chi connectivity index (χ3v) is 9.67. The Labute approximate surface area is 251 Å². The lowest BCUT2D eigenvalue weighted by Crippen LogP contribution is -2.40. The van der Waals surface area contributed by atoms with Gasteiger partial charge in [0.1, 0.15) is 16.5 Å². The van der Waals surface area contributed by atoms with Crippen LogP contribution in [0, 0.1) is 6.92 Å². The van der Waals surface area contributed by atoms with Crippen molar-refractivity contribution in [1.82, 2.24) is 23.9 Å². The number of aryl methyl sites for hydroxylation is 2. The van der Waals surface area contributed by atoms with Gasteiger partial charge in [0.15, 0.2) is 0 Å². The van der Waals surface area contributed by atoms with Gasteiger partial charge in [0.25, 0.3) is 5.91 Å². The molecule has 1 aliphatic rings. The monoisotopic (exact) mass is 611 g/mol. The fraction of sp³-hybridized carbons (Fsp3) is 0.400. The van der Waals surface area contributed by atoms with Crippen LogP contribution < -0.4 is 9.46 Å². The first-order valence-electron chi connectivity index (χ1n) is 13.6. The highest BCUT2D eigenvalue weighted by atomic mass is 32.2. The average Bonchev–Trinajstić information content (AvgIpc) is 3.68. The molecule has 2 amide bonds. The van der Waals surface area contributed by atoms with Crippen LogP contribution in [0.1, 0.15) is 63.4 Å². The van der Waals surface area contributed by atoms with Gasteiger partial charge in [-0.3, -0.25) is 14.6 Å². The maximum absolute atomic E-state index is 14.1. The summed E-state index contributed by atoms with van der Waals surface area (Å²) >= 11 is 1.27. The molecule has 0 bridgehead atoms. The van der Waals surface area contributed by atoms with Crippen molar-refractivity contribution >= 4 is 38.9 Å². The van der Waals surface area contributed by atoms with Crippen molar-refractivity contribution in [3.63, 3.8) is 0 Å². The quantitative estimate of drug-likeness (QED) is 0.309. The molecule has 2 heterocycles. The summed E-state index contributed by atoms with van der Waals surface area (Å²) in [6, 6.07) is 11.9. The van der Waals surface area contributed by atoms with Gasteiger partial charge >= 0.3 is 10.2 Å². The zero-order valence-electron chi connectivity index (χ0n) is 24.6. The van der Waals surface area contributed by atoms with Crippen LogP contribution in [0.5, 0.6) is 5.75 Å². The number of benzene rings is 1. The van der Waals surface area contributed by atoms with E-state index in [1.807, 2.05) is 35.9 Å². The molecule has 224 valence electrons. The predicted molar refractivity (Wildman–Crippen MR) is 164 cm³/mol. The molecule has 0 saturated heterocycles. The number of nitrogens with one attached hydrogen (secondary N) is 1. The Bertz CT molecular complexity index is 1580. The zero-order chi connectivity index (χ0) is 30.7. The fourth-order valence-corrected chi connectivity index (χ4v) is 6.12.